The number of rotatable bonds is 10. The Balaban J connectivity index is 1.29. The number of carbonyl (C=O) groups is 2. The molecule has 0 aliphatic carbocycles. The minimum Gasteiger partial charge on any atom is -0.448 e. The summed E-state index contributed by atoms with van der Waals surface area (Å²) in [4.78, 5) is 28.3. The van der Waals surface area contributed by atoms with Crippen molar-refractivity contribution < 1.29 is 45.5 Å². The fourth-order valence-electron chi connectivity index (χ4n) is 3.92. The van der Waals surface area contributed by atoms with E-state index in [0.717, 1.165) is 28.4 Å². The third-order valence-electron chi connectivity index (χ3n) is 6.42. The van der Waals surface area contributed by atoms with Crippen LogP contribution in [-0.4, -0.2) is 61.8 Å². The maximum Gasteiger partial charge on any atom is 0.435 e. The summed E-state index contributed by atoms with van der Waals surface area (Å²) in [6.45, 7) is 7.13. The monoisotopic (exact) mass is 652 g/mol. The van der Waals surface area contributed by atoms with Crippen LogP contribution in [0.4, 0.5) is 18.0 Å². The van der Waals surface area contributed by atoms with Crippen LogP contribution in [0.1, 0.15) is 32.0 Å². The van der Waals surface area contributed by atoms with Gasteiger partial charge in [0.2, 0.25) is 0 Å². The molecule has 13 nitrogen and oxygen atoms in total. The number of nitrogens with zero attached hydrogens (tertiary/aromatic N) is 5. The van der Waals surface area contributed by atoms with Gasteiger partial charge in [-0.1, -0.05) is 29.8 Å². The summed E-state index contributed by atoms with van der Waals surface area (Å²) in [5, 5.41) is 12.4. The predicted molar refractivity (Wildman–Crippen MR) is 152 cm³/mol. The number of aryl methyl sites for hydroxylation is 1. The van der Waals surface area contributed by atoms with Crippen molar-refractivity contribution in [1.29, 1.82) is 0 Å². The zero-order chi connectivity index (χ0) is 33.0. The summed E-state index contributed by atoms with van der Waals surface area (Å²) < 4.78 is 78.6. The number of aromatic nitrogens is 2. The van der Waals surface area contributed by atoms with Gasteiger partial charge in [-0.2, -0.15) is 18.3 Å². The molecule has 45 heavy (non-hydrogen) atoms. The van der Waals surface area contributed by atoms with Gasteiger partial charge in [-0.3, -0.25) is 9.80 Å². The molecule has 1 amide bonds. The van der Waals surface area contributed by atoms with Crippen molar-refractivity contribution in [3.05, 3.63) is 65.9 Å². The molecule has 17 heteroatoms. The molecule has 1 aliphatic heterocycles. The second-order valence-electron chi connectivity index (χ2n) is 11.2. The van der Waals surface area contributed by atoms with E-state index in [-0.39, 0.29) is 28.8 Å². The Morgan fingerprint density at radius 3 is 2.27 bits per heavy atom. The summed E-state index contributed by atoms with van der Waals surface area (Å²) in [5.41, 5.74) is -0.0573. The molecule has 1 N–H and O–H groups in total. The van der Waals surface area contributed by atoms with Crippen molar-refractivity contribution in [2.75, 3.05) is 26.5 Å². The number of nitrogens with one attached hydrogen (secondary N) is 1. The van der Waals surface area contributed by atoms with Crippen molar-refractivity contribution >= 4 is 22.1 Å². The number of hydrogen-bond donors (Lipinski definition) is 1. The topological polar surface area (TPSA) is 154 Å². The molecule has 0 unspecified atom stereocenters. The van der Waals surface area contributed by atoms with Crippen molar-refractivity contribution in [2.24, 2.45) is 21.8 Å². The second kappa shape index (κ2) is 13.1. The van der Waals surface area contributed by atoms with Gasteiger partial charge in [0.25, 0.3) is 16.8 Å². The van der Waals surface area contributed by atoms with Crippen LogP contribution in [0, 0.1) is 18.3 Å². The van der Waals surface area contributed by atoms with Crippen LogP contribution in [0.3, 0.4) is 0 Å². The first-order valence-corrected chi connectivity index (χ1v) is 15.0. The van der Waals surface area contributed by atoms with Gasteiger partial charge in [0.05, 0.1) is 28.3 Å². The molecular formula is C28H31F3N6O7S. The van der Waals surface area contributed by atoms with Gasteiger partial charge in [-0.25, -0.2) is 22.6 Å². The number of ether oxygens (including phenoxy) is 2. The van der Waals surface area contributed by atoms with E-state index < -0.39 is 46.2 Å². The number of alkyl halides is 3. The first-order valence-electron chi connectivity index (χ1n) is 13.5. The molecule has 2 aromatic carbocycles. The molecular weight excluding hydrogens is 621 g/mol. The highest BCUT2D eigenvalue weighted by Gasteiger charge is 2.35. The molecule has 242 valence electrons. The number of halogens is 3. The zero-order valence-electron chi connectivity index (χ0n) is 24.7. The molecule has 2 heterocycles. The number of sulfonamides is 1. The lowest BCUT2D eigenvalue weighted by Crippen LogP contribution is -2.46. The summed E-state index contributed by atoms with van der Waals surface area (Å²) in [6.07, 6.45) is -5.90. The van der Waals surface area contributed by atoms with Crippen LogP contribution in [0.5, 0.6) is 0 Å². The first kappa shape index (κ1) is 33.2. The van der Waals surface area contributed by atoms with Crippen molar-refractivity contribution in [3.63, 3.8) is 0 Å². The highest BCUT2D eigenvalue weighted by Crippen LogP contribution is 2.33. The van der Waals surface area contributed by atoms with Crippen LogP contribution in [0.15, 0.2) is 70.0 Å². The van der Waals surface area contributed by atoms with E-state index in [9.17, 15) is 31.2 Å². The van der Waals surface area contributed by atoms with E-state index in [4.69, 9.17) is 14.3 Å². The van der Waals surface area contributed by atoms with E-state index in [1.54, 1.807) is 49.8 Å². The fraction of sp³-hybridized carbons (Fsp3) is 0.393. The Hall–Kier alpha value is -4.67. The molecule has 0 bridgehead atoms. The average Bonchev–Trinajstić information content (AvgIpc) is 3.39. The molecule has 3 aromatic rings. The largest absolute Gasteiger partial charge is 0.448 e. The molecule has 1 fully saturated rings. The molecule has 1 aliphatic rings. The van der Waals surface area contributed by atoms with E-state index in [1.165, 1.54) is 17.1 Å². The van der Waals surface area contributed by atoms with Gasteiger partial charge in [0, 0.05) is 29.8 Å². The van der Waals surface area contributed by atoms with E-state index in [1.807, 2.05) is 6.92 Å². The average molecular weight is 653 g/mol. The molecule has 0 atom stereocenters. The second-order valence-corrected chi connectivity index (χ2v) is 12.9. The lowest BCUT2D eigenvalue weighted by molar-refractivity contribution is -0.167. The van der Waals surface area contributed by atoms with Crippen LogP contribution < -0.4 is 4.72 Å². The summed E-state index contributed by atoms with van der Waals surface area (Å²) in [7, 11) is -4.35. The van der Waals surface area contributed by atoms with Crippen LogP contribution in [-0.2, 0) is 35.3 Å². The quantitative estimate of drug-likeness (QED) is 0.104. The Labute approximate surface area is 256 Å². The minimum absolute atomic E-state index is 0.0982. The molecule has 0 saturated carbocycles. The molecule has 1 aromatic heterocycles. The minimum atomic E-state index is -4.70. The number of esters is 1. The van der Waals surface area contributed by atoms with Crippen molar-refractivity contribution in [1.82, 2.24) is 19.5 Å². The van der Waals surface area contributed by atoms with Gasteiger partial charge in [-0.05, 0) is 63.3 Å². The Kier molecular flexibility index (Phi) is 9.70. The first-order chi connectivity index (χ1) is 21.0. The van der Waals surface area contributed by atoms with E-state index >= 15 is 0 Å². The zero-order valence-corrected chi connectivity index (χ0v) is 25.6. The molecule has 4 rings (SSSR count). The summed E-state index contributed by atoms with van der Waals surface area (Å²) >= 11 is 0. The highest BCUT2D eigenvalue weighted by molar-refractivity contribution is 7.90. The normalized spacial score (nSPS) is 14.2. The number of hydrogen-bond acceptors (Lipinski definition) is 10. The Morgan fingerprint density at radius 2 is 1.67 bits per heavy atom. The number of amides is 1. The maximum absolute atomic E-state index is 13.5. The summed E-state index contributed by atoms with van der Waals surface area (Å²) in [6, 6.07) is 12.6. The van der Waals surface area contributed by atoms with Gasteiger partial charge >= 0.3 is 18.2 Å². The van der Waals surface area contributed by atoms with Gasteiger partial charge < -0.3 is 14.3 Å². The third kappa shape index (κ3) is 8.71. The van der Waals surface area contributed by atoms with Gasteiger partial charge in [0.15, 0.2) is 5.69 Å². The van der Waals surface area contributed by atoms with Gasteiger partial charge in [0.1, 0.15) is 0 Å². The lowest BCUT2D eigenvalue weighted by atomic mass is 9.98. The fourth-order valence-corrected chi connectivity index (χ4v) is 4.81. The molecule has 0 radical (unpaired) electrons. The Morgan fingerprint density at radius 1 is 1.02 bits per heavy atom. The number of benzene rings is 2. The maximum atomic E-state index is 13.5. The van der Waals surface area contributed by atoms with Crippen molar-refractivity contribution in [2.45, 2.75) is 38.8 Å². The van der Waals surface area contributed by atoms with Crippen LogP contribution >= 0.6 is 0 Å². The lowest BCUT2D eigenvalue weighted by Gasteiger charge is -2.34. The highest BCUT2D eigenvalue weighted by atomic mass is 32.2. The molecule has 1 saturated heterocycles. The van der Waals surface area contributed by atoms with Gasteiger partial charge in [-0.15, -0.1) is 0 Å². The third-order valence-corrected chi connectivity index (χ3v) is 7.75. The molecule has 0 spiro atoms. The van der Waals surface area contributed by atoms with Crippen molar-refractivity contribution in [3.8, 4) is 16.9 Å². The Bertz CT molecular complexity index is 1650. The van der Waals surface area contributed by atoms with E-state index in [2.05, 4.69) is 15.6 Å². The number of carbonyl (C=O) groups excluding carboxylic acids is 2. The standard InChI is InChI=1S/C28H31F3N6O7S/c1-18-5-7-20(8-6-18)23-13-24(28(29,30)31)32-37(23)21-9-11-22(12-10-21)45(40,41)33-26(39)42-16-19-14-36(15-19)34-35-44-17-43-25(38)27(2,3)4/h5-13,19H,14-17H2,1-4H3,(H,33,39). The SMILES string of the molecule is Cc1ccc(-c2cc(C(F)(F)F)nn2-c2ccc(S(=O)(=O)NC(=O)OCC3CN(N=NOCOC(=O)C(C)(C)C)C3)cc2)cc1. The van der Waals surface area contributed by atoms with Crippen LogP contribution in [0.2, 0.25) is 0 Å². The predicted octanol–water partition coefficient (Wildman–Crippen LogP) is 5.06. The van der Waals surface area contributed by atoms with E-state index in [0.29, 0.717) is 18.7 Å². The smallest absolute Gasteiger partial charge is 0.435 e. The van der Waals surface area contributed by atoms with Crippen LogP contribution in [0.25, 0.3) is 16.9 Å². The summed E-state index contributed by atoms with van der Waals surface area (Å²) in [5.74, 6) is -0.602.